The average molecular weight is 332 g/mol. The molecule has 24 heavy (non-hydrogen) atoms. The number of anilines is 1. The molecule has 1 amide bonds. The van der Waals surface area contributed by atoms with Crippen LogP contribution in [0.25, 0.3) is 0 Å². The Morgan fingerprint density at radius 1 is 1.21 bits per heavy atom. The molecule has 3 rings (SSSR count). The van der Waals surface area contributed by atoms with E-state index in [1.54, 1.807) is 25.1 Å². The highest BCUT2D eigenvalue weighted by molar-refractivity contribution is 5.97. The van der Waals surface area contributed by atoms with Gasteiger partial charge in [-0.05, 0) is 32.0 Å². The first-order valence-corrected chi connectivity index (χ1v) is 7.38. The molecule has 0 radical (unpaired) electrons. The van der Waals surface area contributed by atoms with Gasteiger partial charge in [0.1, 0.15) is 19.0 Å². The predicted octanol–water partition coefficient (Wildman–Crippen LogP) is 1.94. The van der Waals surface area contributed by atoms with E-state index < -0.39 is 18.0 Å². The third-order valence-electron chi connectivity index (χ3n) is 3.31. The maximum Gasteiger partial charge on any atom is 0.339 e. The second-order valence-electron chi connectivity index (χ2n) is 5.22. The minimum absolute atomic E-state index is 0.264. The van der Waals surface area contributed by atoms with E-state index in [9.17, 15) is 9.59 Å². The van der Waals surface area contributed by atoms with E-state index in [0.717, 1.165) is 0 Å². The van der Waals surface area contributed by atoms with Crippen molar-refractivity contribution in [1.82, 2.24) is 5.16 Å². The summed E-state index contributed by atoms with van der Waals surface area (Å²) in [5, 5.41) is 6.15. The average Bonchev–Trinajstić information content (AvgIpc) is 2.99. The first-order chi connectivity index (χ1) is 11.5. The number of amides is 1. The Hall–Kier alpha value is -3.03. The zero-order valence-electron chi connectivity index (χ0n) is 13.2. The minimum atomic E-state index is -0.997. The van der Waals surface area contributed by atoms with Crippen LogP contribution in [-0.4, -0.2) is 36.4 Å². The van der Waals surface area contributed by atoms with Crippen molar-refractivity contribution in [1.29, 1.82) is 0 Å². The lowest BCUT2D eigenvalue weighted by molar-refractivity contribution is -0.123. The van der Waals surface area contributed by atoms with Crippen molar-refractivity contribution < 1.29 is 28.3 Å². The SMILES string of the molecule is Cc1cc(NC(=O)[C@@H](C)OC(=O)c2ccc3c(c2)OCCO3)no1. The highest BCUT2D eigenvalue weighted by Gasteiger charge is 2.22. The summed E-state index contributed by atoms with van der Waals surface area (Å²) in [4.78, 5) is 24.2. The molecular weight excluding hydrogens is 316 g/mol. The van der Waals surface area contributed by atoms with Crippen molar-refractivity contribution in [3.63, 3.8) is 0 Å². The fourth-order valence-electron chi connectivity index (χ4n) is 2.11. The second-order valence-corrected chi connectivity index (χ2v) is 5.22. The summed E-state index contributed by atoms with van der Waals surface area (Å²) in [5.41, 5.74) is 0.274. The van der Waals surface area contributed by atoms with Crippen molar-refractivity contribution in [2.24, 2.45) is 0 Å². The van der Waals surface area contributed by atoms with Gasteiger partial charge in [-0.2, -0.15) is 0 Å². The number of carbonyl (C=O) groups excluding carboxylic acids is 2. The first-order valence-electron chi connectivity index (χ1n) is 7.38. The second kappa shape index (κ2) is 6.61. The smallest absolute Gasteiger partial charge is 0.339 e. The van der Waals surface area contributed by atoms with Crippen LogP contribution in [0.15, 0.2) is 28.8 Å². The number of hydrogen-bond donors (Lipinski definition) is 1. The molecule has 1 N–H and O–H groups in total. The maximum atomic E-state index is 12.2. The van der Waals surface area contributed by atoms with Crippen molar-refractivity contribution >= 4 is 17.7 Å². The number of hydrogen-bond acceptors (Lipinski definition) is 7. The molecule has 1 aromatic heterocycles. The van der Waals surface area contributed by atoms with Crippen LogP contribution in [-0.2, 0) is 9.53 Å². The quantitative estimate of drug-likeness (QED) is 0.854. The number of esters is 1. The number of rotatable bonds is 4. The van der Waals surface area contributed by atoms with Gasteiger partial charge in [0, 0.05) is 6.07 Å². The molecular formula is C16H16N2O6. The molecule has 0 saturated carbocycles. The Labute approximate surface area is 137 Å². The van der Waals surface area contributed by atoms with Crippen LogP contribution in [0.1, 0.15) is 23.0 Å². The highest BCUT2D eigenvalue weighted by Crippen LogP contribution is 2.31. The van der Waals surface area contributed by atoms with Gasteiger partial charge in [-0.1, -0.05) is 5.16 Å². The molecule has 126 valence electrons. The molecule has 8 heteroatoms. The molecule has 0 unspecified atom stereocenters. The lowest BCUT2D eigenvalue weighted by Gasteiger charge is -2.19. The number of benzene rings is 1. The van der Waals surface area contributed by atoms with Gasteiger partial charge < -0.3 is 24.1 Å². The van der Waals surface area contributed by atoms with E-state index in [2.05, 4.69) is 10.5 Å². The number of fused-ring (bicyclic) bond motifs is 1. The number of aryl methyl sites for hydroxylation is 1. The molecule has 1 aliphatic rings. The van der Waals surface area contributed by atoms with Crippen LogP contribution in [0, 0.1) is 6.92 Å². The Morgan fingerprint density at radius 3 is 2.67 bits per heavy atom. The Bertz CT molecular complexity index is 770. The van der Waals surface area contributed by atoms with E-state index in [0.29, 0.717) is 30.5 Å². The van der Waals surface area contributed by atoms with E-state index in [1.807, 2.05) is 0 Å². The zero-order valence-corrected chi connectivity index (χ0v) is 13.2. The minimum Gasteiger partial charge on any atom is -0.486 e. The van der Waals surface area contributed by atoms with Crippen LogP contribution in [0.4, 0.5) is 5.82 Å². The molecule has 0 fully saturated rings. The van der Waals surface area contributed by atoms with Gasteiger partial charge in [-0.15, -0.1) is 0 Å². The van der Waals surface area contributed by atoms with Crippen LogP contribution >= 0.6 is 0 Å². The predicted molar refractivity (Wildman–Crippen MR) is 82.2 cm³/mol. The van der Waals surface area contributed by atoms with Crippen LogP contribution in [0.2, 0.25) is 0 Å². The lowest BCUT2D eigenvalue weighted by atomic mass is 10.2. The van der Waals surface area contributed by atoms with Gasteiger partial charge in [0.05, 0.1) is 5.56 Å². The van der Waals surface area contributed by atoms with Crippen molar-refractivity contribution in [3.05, 3.63) is 35.6 Å². The van der Waals surface area contributed by atoms with Crippen LogP contribution in [0.5, 0.6) is 11.5 Å². The topological polar surface area (TPSA) is 99.9 Å². The van der Waals surface area contributed by atoms with E-state index in [4.69, 9.17) is 18.7 Å². The Kier molecular flexibility index (Phi) is 4.37. The maximum absolute atomic E-state index is 12.2. The van der Waals surface area contributed by atoms with E-state index in [1.165, 1.54) is 13.0 Å². The highest BCUT2D eigenvalue weighted by atomic mass is 16.6. The van der Waals surface area contributed by atoms with Gasteiger partial charge in [-0.25, -0.2) is 4.79 Å². The summed E-state index contributed by atoms with van der Waals surface area (Å²) < 4.78 is 20.8. The third-order valence-corrected chi connectivity index (χ3v) is 3.31. The fourth-order valence-corrected chi connectivity index (χ4v) is 2.11. The fraction of sp³-hybridized carbons (Fsp3) is 0.312. The van der Waals surface area contributed by atoms with Crippen molar-refractivity contribution in [3.8, 4) is 11.5 Å². The molecule has 0 aliphatic carbocycles. The summed E-state index contributed by atoms with van der Waals surface area (Å²) in [5.74, 6) is 0.738. The normalized spacial score (nSPS) is 13.9. The van der Waals surface area contributed by atoms with Gasteiger partial charge in [0.25, 0.3) is 5.91 Å². The largest absolute Gasteiger partial charge is 0.486 e. The summed E-state index contributed by atoms with van der Waals surface area (Å²) in [7, 11) is 0. The number of carbonyl (C=O) groups is 2. The Morgan fingerprint density at radius 2 is 1.96 bits per heavy atom. The molecule has 0 saturated heterocycles. The van der Waals surface area contributed by atoms with Crippen LogP contribution < -0.4 is 14.8 Å². The number of nitrogens with one attached hydrogen (secondary N) is 1. The molecule has 2 aromatic rings. The molecule has 0 bridgehead atoms. The van der Waals surface area contributed by atoms with Gasteiger partial charge in [0.15, 0.2) is 23.4 Å². The van der Waals surface area contributed by atoms with Gasteiger partial charge in [0.2, 0.25) is 0 Å². The first kappa shape index (κ1) is 15.9. The third kappa shape index (κ3) is 3.48. The monoisotopic (exact) mass is 332 g/mol. The molecule has 0 spiro atoms. The molecule has 1 atom stereocenters. The summed E-state index contributed by atoms with van der Waals surface area (Å²) in [6.07, 6.45) is -0.997. The number of nitrogens with zero attached hydrogens (tertiary/aromatic N) is 1. The van der Waals surface area contributed by atoms with Crippen LogP contribution in [0.3, 0.4) is 0 Å². The standard InChI is InChI=1S/C16H16N2O6/c1-9-7-14(18-24-9)17-15(19)10(2)23-16(20)11-3-4-12-13(8-11)22-6-5-21-12/h3-4,7-8,10H,5-6H2,1-2H3,(H,17,18,19)/t10-/m1/s1. The molecule has 2 heterocycles. The molecule has 1 aromatic carbocycles. The number of ether oxygens (including phenoxy) is 3. The van der Waals surface area contributed by atoms with E-state index in [-0.39, 0.29) is 11.4 Å². The molecule has 1 aliphatic heterocycles. The van der Waals surface area contributed by atoms with E-state index >= 15 is 0 Å². The zero-order chi connectivity index (χ0) is 17.1. The summed E-state index contributed by atoms with van der Waals surface area (Å²) in [6.45, 7) is 4.06. The molecule has 8 nitrogen and oxygen atoms in total. The van der Waals surface area contributed by atoms with Crippen molar-refractivity contribution in [2.75, 3.05) is 18.5 Å². The van der Waals surface area contributed by atoms with Gasteiger partial charge in [-0.3, -0.25) is 4.79 Å². The summed E-state index contributed by atoms with van der Waals surface area (Å²) >= 11 is 0. The number of aromatic nitrogens is 1. The lowest BCUT2D eigenvalue weighted by Crippen LogP contribution is -2.30. The Balaban J connectivity index is 1.62. The summed E-state index contributed by atoms with van der Waals surface area (Å²) in [6, 6.07) is 6.28. The van der Waals surface area contributed by atoms with Gasteiger partial charge >= 0.3 is 5.97 Å². The van der Waals surface area contributed by atoms with Crippen molar-refractivity contribution in [2.45, 2.75) is 20.0 Å².